The second-order valence-electron chi connectivity index (χ2n) is 6.02. The zero-order chi connectivity index (χ0) is 17.2. The molecule has 3 heteroatoms. The summed E-state index contributed by atoms with van der Waals surface area (Å²) < 4.78 is 0. The van der Waals surface area contributed by atoms with Crippen molar-refractivity contribution in [2.45, 2.75) is 0 Å². The monoisotopic (exact) mass is 477 g/mol. The first-order chi connectivity index (χ1) is 12.2. The summed E-state index contributed by atoms with van der Waals surface area (Å²) >= 11 is 0. The molecule has 0 spiro atoms. The molecule has 127 valence electrons. The maximum absolute atomic E-state index is 12.5. The van der Waals surface area contributed by atoms with Crippen LogP contribution in [0, 0.1) is 49.4 Å². The zero-order valence-electron chi connectivity index (χ0n) is 13.9. The summed E-state index contributed by atoms with van der Waals surface area (Å²) in [7, 11) is 0. The second-order valence-corrected chi connectivity index (χ2v) is 6.02. The van der Waals surface area contributed by atoms with Gasteiger partial charge in [0.25, 0.3) is 0 Å². The van der Waals surface area contributed by atoms with E-state index in [0.29, 0.717) is 11.1 Å². The molecule has 0 aliphatic heterocycles. The third kappa shape index (κ3) is 3.96. The number of allylic oxidation sites excluding steroid dienone is 1. The summed E-state index contributed by atoms with van der Waals surface area (Å²) in [5.74, 6) is -0.236. The number of rotatable bonds is 3. The van der Waals surface area contributed by atoms with Crippen LogP contribution in [0.15, 0.2) is 91.0 Å². The Kier molecular flexibility index (Phi) is 6.03. The Morgan fingerprint density at radius 3 is 1.69 bits per heavy atom. The van der Waals surface area contributed by atoms with Crippen LogP contribution in [0.1, 0.15) is 15.9 Å². The van der Waals surface area contributed by atoms with Crippen molar-refractivity contribution in [1.29, 1.82) is 0 Å². The number of fused-ring (bicyclic) bond motifs is 2. The number of benzene rings is 4. The van der Waals surface area contributed by atoms with Crippen molar-refractivity contribution in [2.24, 2.45) is 0 Å². The molecule has 4 aromatic carbocycles. The van der Waals surface area contributed by atoms with Gasteiger partial charge in [-0.25, -0.2) is 0 Å². The molecule has 0 saturated heterocycles. The van der Waals surface area contributed by atoms with Crippen LogP contribution in [0.2, 0.25) is 0 Å². The van der Waals surface area contributed by atoms with Crippen molar-refractivity contribution in [3.63, 3.8) is 0 Å². The largest absolute Gasteiger partial charge is 0.507 e. The molecule has 2 nitrogen and oxygen atoms in total. The third-order valence-corrected chi connectivity index (χ3v) is 4.35. The molecule has 0 fully saturated rings. The molecule has 0 unspecified atom stereocenters. The van der Waals surface area contributed by atoms with Crippen molar-refractivity contribution in [3.05, 3.63) is 102 Å². The minimum atomic E-state index is -0.212. The van der Waals surface area contributed by atoms with Crippen molar-refractivity contribution in [2.75, 3.05) is 0 Å². The zero-order valence-corrected chi connectivity index (χ0v) is 16.3. The van der Waals surface area contributed by atoms with Gasteiger partial charge in [-0.05, 0) is 33.7 Å². The Morgan fingerprint density at radius 2 is 1.12 bits per heavy atom. The van der Waals surface area contributed by atoms with Crippen LogP contribution in [0.3, 0.4) is 0 Å². The van der Waals surface area contributed by atoms with E-state index in [9.17, 15) is 9.90 Å². The van der Waals surface area contributed by atoms with Crippen LogP contribution >= 0.6 is 0 Å². The van der Waals surface area contributed by atoms with Gasteiger partial charge in [0.15, 0.2) is 5.78 Å². The molecular formula is C23H16EuO2. The predicted octanol–water partition coefficient (Wildman–Crippen LogP) is 5.77. The molecular weight excluding hydrogens is 460 g/mol. The third-order valence-electron chi connectivity index (χ3n) is 4.35. The van der Waals surface area contributed by atoms with Gasteiger partial charge in [0.2, 0.25) is 0 Å². The van der Waals surface area contributed by atoms with E-state index in [1.165, 1.54) is 6.08 Å². The van der Waals surface area contributed by atoms with Crippen molar-refractivity contribution in [1.82, 2.24) is 0 Å². The molecule has 1 N–H and O–H groups in total. The van der Waals surface area contributed by atoms with Gasteiger partial charge in [-0.2, -0.15) is 0 Å². The molecule has 0 bridgehead atoms. The van der Waals surface area contributed by atoms with Crippen LogP contribution in [0.5, 0.6) is 0 Å². The van der Waals surface area contributed by atoms with Gasteiger partial charge in [0.05, 0.1) is 0 Å². The molecule has 0 aliphatic carbocycles. The molecule has 0 heterocycles. The summed E-state index contributed by atoms with van der Waals surface area (Å²) in [6.45, 7) is 0. The normalized spacial score (nSPS) is 11.3. The minimum absolute atomic E-state index is 0. The summed E-state index contributed by atoms with van der Waals surface area (Å²) in [4.78, 5) is 12.5. The fraction of sp³-hybridized carbons (Fsp3) is 0. The fourth-order valence-electron chi connectivity index (χ4n) is 2.98. The average Bonchev–Trinajstić information content (AvgIpc) is 2.67. The number of carbonyl (C=O) groups excluding carboxylic acids is 1. The predicted molar refractivity (Wildman–Crippen MR) is 103 cm³/mol. The molecule has 4 aromatic rings. The Hall–Kier alpha value is -1.81. The Balaban J connectivity index is 0.00000196. The first-order valence-electron chi connectivity index (χ1n) is 8.14. The Labute approximate surface area is 192 Å². The van der Waals surface area contributed by atoms with Gasteiger partial charge >= 0.3 is 0 Å². The number of hydrogen-bond acceptors (Lipinski definition) is 2. The van der Waals surface area contributed by atoms with Crippen LogP contribution in [-0.2, 0) is 0 Å². The average molecular weight is 476 g/mol. The van der Waals surface area contributed by atoms with Crippen molar-refractivity contribution in [3.8, 4) is 0 Å². The first-order valence-corrected chi connectivity index (χ1v) is 8.14. The maximum atomic E-state index is 12.5. The Morgan fingerprint density at radius 1 is 0.654 bits per heavy atom. The fourth-order valence-corrected chi connectivity index (χ4v) is 2.98. The van der Waals surface area contributed by atoms with Gasteiger partial charge in [0.1, 0.15) is 5.76 Å². The van der Waals surface area contributed by atoms with Crippen LogP contribution in [0.25, 0.3) is 27.3 Å². The second kappa shape index (κ2) is 8.26. The van der Waals surface area contributed by atoms with Gasteiger partial charge in [0, 0.05) is 66.6 Å². The summed E-state index contributed by atoms with van der Waals surface area (Å²) in [5.41, 5.74) is 1.19. The van der Waals surface area contributed by atoms with E-state index in [1.807, 2.05) is 78.9 Å². The van der Waals surface area contributed by atoms with E-state index in [2.05, 4.69) is 0 Å². The molecule has 4 rings (SSSR count). The van der Waals surface area contributed by atoms with Gasteiger partial charge < -0.3 is 5.11 Å². The van der Waals surface area contributed by atoms with Gasteiger partial charge in [-0.3, -0.25) is 4.79 Å². The molecule has 0 saturated carbocycles. The first kappa shape index (κ1) is 19.0. The van der Waals surface area contributed by atoms with E-state index in [1.54, 1.807) is 6.07 Å². The number of carbonyl (C=O) groups is 1. The van der Waals surface area contributed by atoms with E-state index in [-0.39, 0.29) is 60.9 Å². The van der Waals surface area contributed by atoms with Crippen LogP contribution in [-0.4, -0.2) is 10.9 Å². The Bertz CT molecular complexity index is 1130. The number of ketones is 1. The van der Waals surface area contributed by atoms with Crippen molar-refractivity contribution < 1.29 is 59.3 Å². The SMILES string of the molecule is O=C(/C=C(\O)c1ccc2ccccc2c1)c1ccc2ccccc2c1.[Eu]. The molecule has 0 aliphatic rings. The van der Waals surface area contributed by atoms with Crippen LogP contribution in [0.4, 0.5) is 0 Å². The molecule has 0 atom stereocenters. The number of hydrogen-bond donors (Lipinski definition) is 1. The molecule has 0 aromatic heterocycles. The standard InChI is InChI=1S/C23H16O2.Eu/c24-22(20-11-9-16-5-1-3-7-18(16)13-20)15-23(25)21-12-10-17-6-2-4-8-19(17)14-21;/h1-15,24H;/b22-15-;. The van der Waals surface area contributed by atoms with Crippen LogP contribution < -0.4 is 0 Å². The quantitative estimate of drug-likeness (QED) is 0.232. The minimum Gasteiger partial charge on any atom is -0.507 e. The van der Waals surface area contributed by atoms with E-state index < -0.39 is 0 Å². The van der Waals surface area contributed by atoms with Crippen molar-refractivity contribution >= 4 is 33.1 Å². The maximum Gasteiger partial charge on any atom is 0.189 e. The molecule has 26 heavy (non-hydrogen) atoms. The summed E-state index contributed by atoms with van der Waals surface area (Å²) in [6, 6.07) is 27.0. The van der Waals surface area contributed by atoms with E-state index in [4.69, 9.17) is 0 Å². The number of aliphatic hydroxyl groups excluding tert-OH is 1. The molecule has 0 amide bonds. The van der Waals surface area contributed by atoms with E-state index in [0.717, 1.165) is 21.5 Å². The van der Waals surface area contributed by atoms with Gasteiger partial charge in [-0.15, -0.1) is 0 Å². The van der Waals surface area contributed by atoms with E-state index >= 15 is 0 Å². The summed E-state index contributed by atoms with van der Waals surface area (Å²) in [5, 5.41) is 14.6. The smallest absolute Gasteiger partial charge is 0.189 e. The number of aliphatic hydroxyl groups is 1. The topological polar surface area (TPSA) is 37.3 Å². The summed E-state index contributed by atoms with van der Waals surface area (Å²) in [6.07, 6.45) is 1.29. The van der Waals surface area contributed by atoms with Gasteiger partial charge in [-0.1, -0.05) is 72.8 Å². The molecule has 1 radical (unpaired) electrons.